The predicted octanol–water partition coefficient (Wildman–Crippen LogP) is 3.88. The van der Waals surface area contributed by atoms with Crippen LogP contribution in [0.25, 0.3) is 0 Å². The van der Waals surface area contributed by atoms with Gasteiger partial charge >= 0.3 is 0 Å². The average Bonchev–Trinajstić information content (AvgIpc) is 2.32. The lowest BCUT2D eigenvalue weighted by Gasteiger charge is -2.36. The van der Waals surface area contributed by atoms with Crippen LogP contribution in [0.3, 0.4) is 0 Å². The topological polar surface area (TPSA) is 32.3 Å². The second-order valence-corrected chi connectivity index (χ2v) is 6.56. The minimum atomic E-state index is -0.435. The second-order valence-electron chi connectivity index (χ2n) is 6.56. The van der Waals surface area contributed by atoms with Crippen molar-refractivity contribution in [1.29, 1.82) is 0 Å². The molecular formula is C16H33NO. The number of nitrogens with one attached hydrogen (secondary N) is 1. The Morgan fingerprint density at radius 3 is 2.78 bits per heavy atom. The maximum atomic E-state index is 10.5. The van der Waals surface area contributed by atoms with Gasteiger partial charge in [-0.15, -0.1) is 0 Å². The molecule has 0 aromatic rings. The Morgan fingerprint density at radius 1 is 1.33 bits per heavy atom. The van der Waals surface area contributed by atoms with Crippen molar-refractivity contribution in [3.05, 3.63) is 0 Å². The van der Waals surface area contributed by atoms with Crippen LogP contribution in [0.1, 0.15) is 78.6 Å². The van der Waals surface area contributed by atoms with E-state index in [4.69, 9.17) is 0 Å². The van der Waals surface area contributed by atoms with E-state index in [-0.39, 0.29) is 0 Å². The van der Waals surface area contributed by atoms with Gasteiger partial charge in [0.2, 0.25) is 0 Å². The quantitative estimate of drug-likeness (QED) is 0.645. The SMILES string of the molecule is CCCCCCC(C)NCC1(O)CCCC(C)C1. The molecule has 1 aliphatic carbocycles. The van der Waals surface area contributed by atoms with E-state index in [1.165, 1.54) is 44.9 Å². The largest absolute Gasteiger partial charge is 0.389 e. The van der Waals surface area contributed by atoms with Crippen molar-refractivity contribution in [2.75, 3.05) is 6.54 Å². The summed E-state index contributed by atoms with van der Waals surface area (Å²) in [5, 5.41) is 14.1. The Kier molecular flexibility index (Phi) is 7.25. The van der Waals surface area contributed by atoms with Crippen molar-refractivity contribution in [3.8, 4) is 0 Å². The molecule has 0 aliphatic heterocycles. The van der Waals surface area contributed by atoms with Crippen molar-refractivity contribution < 1.29 is 5.11 Å². The first-order chi connectivity index (χ1) is 8.56. The van der Waals surface area contributed by atoms with E-state index in [0.29, 0.717) is 12.0 Å². The molecule has 3 atom stereocenters. The van der Waals surface area contributed by atoms with Crippen LogP contribution >= 0.6 is 0 Å². The molecule has 0 radical (unpaired) electrons. The Balaban J connectivity index is 2.14. The fourth-order valence-corrected chi connectivity index (χ4v) is 3.14. The van der Waals surface area contributed by atoms with E-state index in [2.05, 4.69) is 26.1 Å². The Hall–Kier alpha value is -0.0800. The summed E-state index contributed by atoms with van der Waals surface area (Å²) >= 11 is 0. The second kappa shape index (κ2) is 8.16. The summed E-state index contributed by atoms with van der Waals surface area (Å²) in [4.78, 5) is 0. The van der Waals surface area contributed by atoms with Gasteiger partial charge in [-0.05, 0) is 32.1 Å². The van der Waals surface area contributed by atoms with Crippen LogP contribution < -0.4 is 5.32 Å². The van der Waals surface area contributed by atoms with Crippen molar-refractivity contribution in [2.24, 2.45) is 5.92 Å². The van der Waals surface area contributed by atoms with Gasteiger partial charge in [-0.3, -0.25) is 0 Å². The molecule has 18 heavy (non-hydrogen) atoms. The standard InChI is InChI=1S/C16H33NO/c1-4-5-6-7-10-15(3)17-13-16(18)11-8-9-14(2)12-16/h14-15,17-18H,4-13H2,1-3H3. The predicted molar refractivity (Wildman–Crippen MR) is 78.8 cm³/mol. The minimum absolute atomic E-state index is 0.435. The molecule has 1 saturated carbocycles. The average molecular weight is 255 g/mol. The molecule has 1 fully saturated rings. The van der Waals surface area contributed by atoms with Gasteiger partial charge in [0.05, 0.1) is 5.60 Å². The number of unbranched alkanes of at least 4 members (excludes halogenated alkanes) is 3. The summed E-state index contributed by atoms with van der Waals surface area (Å²) in [5.41, 5.74) is -0.435. The molecule has 0 heterocycles. The minimum Gasteiger partial charge on any atom is -0.389 e. The van der Waals surface area contributed by atoms with Gasteiger partial charge in [-0.1, -0.05) is 52.4 Å². The van der Waals surface area contributed by atoms with Gasteiger partial charge in [-0.2, -0.15) is 0 Å². The number of hydrogen-bond acceptors (Lipinski definition) is 2. The van der Waals surface area contributed by atoms with Crippen LogP contribution in [-0.2, 0) is 0 Å². The van der Waals surface area contributed by atoms with Gasteiger partial charge < -0.3 is 10.4 Å². The first-order valence-corrected chi connectivity index (χ1v) is 8.01. The molecule has 0 aromatic carbocycles. The first-order valence-electron chi connectivity index (χ1n) is 8.01. The third kappa shape index (κ3) is 6.19. The van der Waals surface area contributed by atoms with Gasteiger partial charge in [0, 0.05) is 12.6 Å². The Labute approximate surface area is 114 Å². The van der Waals surface area contributed by atoms with E-state index in [0.717, 1.165) is 19.4 Å². The van der Waals surface area contributed by atoms with Crippen molar-refractivity contribution in [2.45, 2.75) is 90.2 Å². The maximum Gasteiger partial charge on any atom is 0.0774 e. The summed E-state index contributed by atoms with van der Waals surface area (Å²) in [6.07, 6.45) is 11.0. The van der Waals surface area contributed by atoms with Gasteiger partial charge in [-0.25, -0.2) is 0 Å². The molecule has 3 unspecified atom stereocenters. The third-order valence-electron chi connectivity index (χ3n) is 4.34. The zero-order chi connectivity index (χ0) is 13.4. The van der Waals surface area contributed by atoms with Crippen LogP contribution in [0.15, 0.2) is 0 Å². The van der Waals surface area contributed by atoms with Crippen LogP contribution in [0.2, 0.25) is 0 Å². The smallest absolute Gasteiger partial charge is 0.0774 e. The summed E-state index contributed by atoms with van der Waals surface area (Å²) in [5.74, 6) is 0.686. The summed E-state index contributed by atoms with van der Waals surface area (Å²) in [7, 11) is 0. The van der Waals surface area contributed by atoms with Crippen molar-refractivity contribution >= 4 is 0 Å². The molecule has 1 aliphatic rings. The molecular weight excluding hydrogens is 222 g/mol. The van der Waals surface area contributed by atoms with Gasteiger partial charge in [0.25, 0.3) is 0 Å². The molecule has 1 rings (SSSR count). The Bertz CT molecular complexity index is 219. The molecule has 0 spiro atoms. The van der Waals surface area contributed by atoms with Crippen LogP contribution in [0.4, 0.5) is 0 Å². The molecule has 0 aromatic heterocycles. The lowest BCUT2D eigenvalue weighted by Crippen LogP contribution is -2.46. The van der Waals surface area contributed by atoms with Gasteiger partial charge in [0.1, 0.15) is 0 Å². The molecule has 0 amide bonds. The lowest BCUT2D eigenvalue weighted by atomic mass is 9.79. The fourth-order valence-electron chi connectivity index (χ4n) is 3.14. The zero-order valence-corrected chi connectivity index (χ0v) is 12.7. The monoisotopic (exact) mass is 255 g/mol. The molecule has 2 nitrogen and oxygen atoms in total. The van der Waals surface area contributed by atoms with Gasteiger partial charge in [0.15, 0.2) is 0 Å². The van der Waals surface area contributed by atoms with E-state index in [9.17, 15) is 5.11 Å². The number of hydrogen-bond donors (Lipinski definition) is 2. The molecule has 0 bridgehead atoms. The van der Waals surface area contributed by atoms with Crippen molar-refractivity contribution in [1.82, 2.24) is 5.32 Å². The first kappa shape index (κ1) is 16.0. The van der Waals surface area contributed by atoms with E-state index >= 15 is 0 Å². The number of rotatable bonds is 8. The molecule has 2 heteroatoms. The highest BCUT2D eigenvalue weighted by atomic mass is 16.3. The summed E-state index contributed by atoms with van der Waals surface area (Å²) < 4.78 is 0. The summed E-state index contributed by atoms with van der Waals surface area (Å²) in [6.45, 7) is 7.55. The highest BCUT2D eigenvalue weighted by molar-refractivity contribution is 4.87. The molecule has 0 saturated heterocycles. The number of aliphatic hydroxyl groups is 1. The highest BCUT2D eigenvalue weighted by Crippen LogP contribution is 2.31. The van der Waals surface area contributed by atoms with E-state index < -0.39 is 5.60 Å². The zero-order valence-electron chi connectivity index (χ0n) is 12.7. The van der Waals surface area contributed by atoms with E-state index in [1.807, 2.05) is 0 Å². The maximum absolute atomic E-state index is 10.5. The summed E-state index contributed by atoms with van der Waals surface area (Å²) in [6, 6.07) is 0.545. The van der Waals surface area contributed by atoms with Crippen LogP contribution in [0, 0.1) is 5.92 Å². The van der Waals surface area contributed by atoms with Crippen LogP contribution in [0.5, 0.6) is 0 Å². The normalized spacial score (nSPS) is 30.3. The van der Waals surface area contributed by atoms with Crippen LogP contribution in [-0.4, -0.2) is 23.3 Å². The molecule has 108 valence electrons. The molecule has 2 N–H and O–H groups in total. The lowest BCUT2D eigenvalue weighted by molar-refractivity contribution is -0.0135. The highest BCUT2D eigenvalue weighted by Gasteiger charge is 2.32. The van der Waals surface area contributed by atoms with Crippen molar-refractivity contribution in [3.63, 3.8) is 0 Å². The van der Waals surface area contributed by atoms with E-state index in [1.54, 1.807) is 0 Å². The third-order valence-corrected chi connectivity index (χ3v) is 4.34. The fraction of sp³-hybridized carbons (Fsp3) is 1.00. The Morgan fingerprint density at radius 2 is 2.11 bits per heavy atom.